The standard InChI is InChI=1S/C19H19N3O3/c1-13-15-10-6-7-11-16(15)22(2)18(23)17(20-13)21-19(24)25-12-14-8-4-3-5-9-14/h3-11,17H,12H2,1-2H3,(H,21,24)/t17-/m0/s1. The van der Waals surface area contributed by atoms with Crippen molar-refractivity contribution in [1.82, 2.24) is 5.32 Å². The average Bonchev–Trinajstić information content (AvgIpc) is 2.73. The van der Waals surface area contributed by atoms with Crippen LogP contribution in [0.5, 0.6) is 0 Å². The van der Waals surface area contributed by atoms with Gasteiger partial charge >= 0.3 is 6.09 Å². The lowest BCUT2D eigenvalue weighted by molar-refractivity contribution is -0.120. The van der Waals surface area contributed by atoms with E-state index in [1.165, 1.54) is 4.90 Å². The number of hydrogen-bond acceptors (Lipinski definition) is 4. The number of benzodiazepines with no additional fused rings is 1. The van der Waals surface area contributed by atoms with E-state index in [4.69, 9.17) is 4.74 Å². The van der Waals surface area contributed by atoms with Gasteiger partial charge in [0.05, 0.1) is 5.69 Å². The molecule has 0 aromatic heterocycles. The van der Waals surface area contributed by atoms with Crippen LogP contribution in [0.25, 0.3) is 0 Å². The average molecular weight is 337 g/mol. The first kappa shape index (κ1) is 16.7. The number of likely N-dealkylation sites (N-methyl/N-ethyl adjacent to an activating group) is 1. The van der Waals surface area contributed by atoms with Crippen molar-refractivity contribution >= 4 is 23.4 Å². The summed E-state index contributed by atoms with van der Waals surface area (Å²) in [5, 5.41) is 2.53. The fraction of sp³-hybridized carbons (Fsp3) is 0.211. The van der Waals surface area contributed by atoms with Crippen LogP contribution >= 0.6 is 0 Å². The van der Waals surface area contributed by atoms with Gasteiger partial charge in [0.15, 0.2) is 0 Å². The van der Waals surface area contributed by atoms with Gasteiger partial charge in [-0.25, -0.2) is 4.79 Å². The summed E-state index contributed by atoms with van der Waals surface area (Å²) >= 11 is 0. The zero-order valence-electron chi connectivity index (χ0n) is 14.1. The van der Waals surface area contributed by atoms with Gasteiger partial charge < -0.3 is 9.64 Å². The van der Waals surface area contributed by atoms with E-state index < -0.39 is 12.3 Å². The molecule has 128 valence electrons. The fourth-order valence-corrected chi connectivity index (χ4v) is 2.66. The Kier molecular flexibility index (Phi) is 4.79. The molecule has 1 N–H and O–H groups in total. The number of alkyl carbamates (subject to hydrolysis) is 1. The summed E-state index contributed by atoms with van der Waals surface area (Å²) in [7, 11) is 1.67. The molecule has 25 heavy (non-hydrogen) atoms. The van der Waals surface area contributed by atoms with E-state index in [0.717, 1.165) is 16.8 Å². The van der Waals surface area contributed by atoms with E-state index in [2.05, 4.69) is 10.3 Å². The minimum absolute atomic E-state index is 0.131. The lowest BCUT2D eigenvalue weighted by Gasteiger charge is -2.20. The van der Waals surface area contributed by atoms with Crippen molar-refractivity contribution < 1.29 is 14.3 Å². The first-order chi connectivity index (χ1) is 12.1. The number of para-hydroxylation sites is 1. The third kappa shape index (κ3) is 3.68. The van der Waals surface area contributed by atoms with Gasteiger partial charge in [0.2, 0.25) is 6.17 Å². The van der Waals surface area contributed by atoms with Crippen molar-refractivity contribution in [1.29, 1.82) is 0 Å². The second kappa shape index (κ2) is 7.17. The number of hydrogen-bond donors (Lipinski definition) is 1. The molecule has 0 saturated heterocycles. The molecule has 0 bridgehead atoms. The van der Waals surface area contributed by atoms with Crippen LogP contribution in [-0.2, 0) is 16.1 Å². The number of fused-ring (bicyclic) bond motifs is 1. The van der Waals surface area contributed by atoms with Crippen LogP contribution in [0, 0.1) is 0 Å². The van der Waals surface area contributed by atoms with Crippen LogP contribution < -0.4 is 10.2 Å². The minimum Gasteiger partial charge on any atom is -0.445 e. The predicted octanol–water partition coefficient (Wildman–Crippen LogP) is 2.72. The summed E-state index contributed by atoms with van der Waals surface area (Å²) in [6.07, 6.45) is -1.70. The molecule has 0 saturated carbocycles. The van der Waals surface area contributed by atoms with Crippen molar-refractivity contribution in [2.75, 3.05) is 11.9 Å². The Morgan fingerprint density at radius 1 is 1.16 bits per heavy atom. The van der Waals surface area contributed by atoms with Gasteiger partial charge in [0.1, 0.15) is 6.61 Å². The van der Waals surface area contributed by atoms with E-state index in [1.54, 1.807) is 7.05 Å². The highest BCUT2D eigenvalue weighted by Crippen LogP contribution is 2.24. The topological polar surface area (TPSA) is 71.0 Å². The summed E-state index contributed by atoms with van der Waals surface area (Å²) < 4.78 is 5.18. The maximum Gasteiger partial charge on any atom is 0.409 e. The normalized spacial score (nSPS) is 16.6. The first-order valence-electron chi connectivity index (χ1n) is 7.95. The van der Waals surface area contributed by atoms with Crippen LogP contribution in [0.1, 0.15) is 18.1 Å². The SMILES string of the molecule is CC1=N[C@@H](NC(=O)OCc2ccccc2)C(=O)N(C)c2ccccc21. The molecule has 3 rings (SSSR count). The second-order valence-corrected chi connectivity index (χ2v) is 5.74. The van der Waals surface area contributed by atoms with E-state index in [9.17, 15) is 9.59 Å². The largest absolute Gasteiger partial charge is 0.445 e. The summed E-state index contributed by atoms with van der Waals surface area (Å²) in [5.74, 6) is -0.319. The smallest absolute Gasteiger partial charge is 0.409 e. The molecular formula is C19H19N3O3. The highest BCUT2D eigenvalue weighted by Gasteiger charge is 2.29. The molecule has 1 aliphatic heterocycles. The number of amides is 2. The highest BCUT2D eigenvalue weighted by molar-refractivity contribution is 6.12. The van der Waals surface area contributed by atoms with Gasteiger partial charge in [0.25, 0.3) is 5.91 Å². The third-order valence-electron chi connectivity index (χ3n) is 4.01. The van der Waals surface area contributed by atoms with Gasteiger partial charge in [-0.15, -0.1) is 0 Å². The molecule has 2 aromatic carbocycles. The van der Waals surface area contributed by atoms with E-state index in [1.807, 2.05) is 61.5 Å². The fourth-order valence-electron chi connectivity index (χ4n) is 2.66. The maximum absolute atomic E-state index is 12.6. The Morgan fingerprint density at radius 2 is 1.84 bits per heavy atom. The van der Waals surface area contributed by atoms with Gasteiger partial charge in [-0.3, -0.25) is 15.1 Å². The number of nitrogens with one attached hydrogen (secondary N) is 1. The van der Waals surface area contributed by atoms with E-state index in [0.29, 0.717) is 5.71 Å². The van der Waals surface area contributed by atoms with Gasteiger partial charge in [0, 0.05) is 18.3 Å². The number of aliphatic imine (C=N–C) groups is 1. The molecule has 1 atom stereocenters. The molecule has 0 spiro atoms. The Morgan fingerprint density at radius 3 is 2.60 bits per heavy atom. The Bertz CT molecular complexity index is 818. The van der Waals surface area contributed by atoms with Crippen LogP contribution in [-0.4, -0.2) is 30.9 Å². The van der Waals surface area contributed by atoms with Crippen LogP contribution in [0.2, 0.25) is 0 Å². The number of ether oxygens (including phenoxy) is 1. The summed E-state index contributed by atoms with van der Waals surface area (Å²) in [4.78, 5) is 30.5. The van der Waals surface area contributed by atoms with E-state index >= 15 is 0 Å². The lowest BCUT2D eigenvalue weighted by Crippen LogP contribution is -2.46. The quantitative estimate of drug-likeness (QED) is 0.936. The number of carbonyl (C=O) groups excluding carboxylic acids is 2. The van der Waals surface area contributed by atoms with Crippen molar-refractivity contribution in [3.63, 3.8) is 0 Å². The Hall–Kier alpha value is -3.15. The number of anilines is 1. The van der Waals surface area contributed by atoms with Crippen molar-refractivity contribution in [2.45, 2.75) is 19.7 Å². The number of rotatable bonds is 3. The van der Waals surface area contributed by atoms with Crippen LogP contribution in [0.3, 0.4) is 0 Å². The molecule has 0 radical (unpaired) electrons. The van der Waals surface area contributed by atoms with Crippen molar-refractivity contribution in [2.24, 2.45) is 4.99 Å². The summed E-state index contributed by atoms with van der Waals surface area (Å²) in [5.41, 5.74) is 3.17. The zero-order chi connectivity index (χ0) is 17.8. The molecule has 0 fully saturated rings. The second-order valence-electron chi connectivity index (χ2n) is 5.74. The molecule has 0 aliphatic carbocycles. The van der Waals surface area contributed by atoms with Gasteiger partial charge in [-0.1, -0.05) is 48.5 Å². The lowest BCUT2D eigenvalue weighted by atomic mass is 10.1. The monoisotopic (exact) mass is 337 g/mol. The molecule has 6 nitrogen and oxygen atoms in total. The summed E-state index contributed by atoms with van der Waals surface area (Å²) in [6, 6.07) is 16.8. The minimum atomic E-state index is -1.01. The molecule has 1 aliphatic rings. The molecule has 0 unspecified atom stereocenters. The molecule has 1 heterocycles. The van der Waals surface area contributed by atoms with Crippen molar-refractivity contribution in [3.05, 3.63) is 65.7 Å². The first-order valence-corrected chi connectivity index (χ1v) is 7.95. The van der Waals surface area contributed by atoms with Crippen LogP contribution in [0.4, 0.5) is 10.5 Å². The molecule has 2 amide bonds. The number of carbonyl (C=O) groups is 2. The Balaban J connectivity index is 1.71. The van der Waals surface area contributed by atoms with Crippen LogP contribution in [0.15, 0.2) is 59.6 Å². The maximum atomic E-state index is 12.6. The number of benzene rings is 2. The summed E-state index contributed by atoms with van der Waals surface area (Å²) in [6.45, 7) is 1.95. The number of nitrogens with zero attached hydrogens (tertiary/aromatic N) is 2. The van der Waals surface area contributed by atoms with E-state index in [-0.39, 0.29) is 12.5 Å². The van der Waals surface area contributed by atoms with Gasteiger partial charge in [-0.2, -0.15) is 0 Å². The van der Waals surface area contributed by atoms with Gasteiger partial charge in [-0.05, 0) is 18.6 Å². The molecular weight excluding hydrogens is 318 g/mol. The molecule has 6 heteroatoms. The third-order valence-corrected chi connectivity index (χ3v) is 4.01. The predicted molar refractivity (Wildman–Crippen MR) is 95.6 cm³/mol. The highest BCUT2D eigenvalue weighted by atomic mass is 16.5. The zero-order valence-corrected chi connectivity index (χ0v) is 14.1. The van der Waals surface area contributed by atoms with Crippen molar-refractivity contribution in [3.8, 4) is 0 Å². The molecule has 2 aromatic rings. The Labute approximate surface area is 146 Å².